The number of hydrogen-bond donors (Lipinski definition) is 1. The second-order valence-corrected chi connectivity index (χ2v) is 10.5. The number of aromatic nitrogens is 2. The van der Waals surface area contributed by atoms with Crippen molar-refractivity contribution in [2.24, 2.45) is 0 Å². The molecular weight excluding hydrogens is 398 g/mol. The van der Waals surface area contributed by atoms with E-state index < -0.39 is 21.3 Å². The lowest BCUT2D eigenvalue weighted by molar-refractivity contribution is -0.123. The number of hydrogen-bond acceptors (Lipinski definition) is 6. The van der Waals surface area contributed by atoms with Crippen molar-refractivity contribution in [3.8, 4) is 10.4 Å². The molecule has 0 radical (unpaired) electrons. The van der Waals surface area contributed by atoms with Crippen molar-refractivity contribution in [2.45, 2.75) is 25.4 Å². The summed E-state index contributed by atoms with van der Waals surface area (Å²) in [5, 5.41) is 3.23. The average molecular weight is 418 g/mol. The molecule has 1 saturated heterocycles. The van der Waals surface area contributed by atoms with E-state index >= 15 is 0 Å². The molecule has 1 aromatic carbocycles. The second kappa shape index (κ2) is 6.82. The monoisotopic (exact) mass is 417 g/mol. The number of nitrogens with one attached hydrogen (secondary N) is 1. The third-order valence-corrected chi connectivity index (χ3v) is 7.83. The van der Waals surface area contributed by atoms with Gasteiger partial charge in [0.05, 0.1) is 28.8 Å². The van der Waals surface area contributed by atoms with E-state index in [0.717, 1.165) is 10.4 Å². The van der Waals surface area contributed by atoms with E-state index in [0.29, 0.717) is 16.6 Å². The van der Waals surface area contributed by atoms with Crippen molar-refractivity contribution in [1.82, 2.24) is 14.9 Å². The summed E-state index contributed by atoms with van der Waals surface area (Å²) in [6.45, 7) is 1.51. The number of nitrogens with zero attached hydrogens (tertiary/aromatic N) is 2. The van der Waals surface area contributed by atoms with Crippen molar-refractivity contribution in [3.05, 3.63) is 53.1 Å². The number of sulfone groups is 1. The number of thiophene rings is 1. The summed E-state index contributed by atoms with van der Waals surface area (Å²) in [4.78, 5) is 31.1. The Hall–Kier alpha value is -2.52. The van der Waals surface area contributed by atoms with E-state index in [9.17, 15) is 18.0 Å². The Balaban J connectivity index is 1.57. The van der Waals surface area contributed by atoms with Gasteiger partial charge in [-0.3, -0.25) is 14.2 Å². The molecule has 1 N–H and O–H groups in total. The number of carbonyl (C=O) groups is 1. The predicted octanol–water partition coefficient (Wildman–Crippen LogP) is 1.82. The van der Waals surface area contributed by atoms with Gasteiger partial charge in [-0.1, -0.05) is 30.3 Å². The summed E-state index contributed by atoms with van der Waals surface area (Å²) in [5.41, 5.74) is -0.0766. The van der Waals surface area contributed by atoms with E-state index in [1.54, 1.807) is 13.0 Å². The molecule has 3 heterocycles. The summed E-state index contributed by atoms with van der Waals surface area (Å²) < 4.78 is 24.6. The average Bonchev–Trinajstić information content (AvgIpc) is 3.19. The van der Waals surface area contributed by atoms with Crippen LogP contribution in [0.2, 0.25) is 0 Å². The lowest BCUT2D eigenvalue weighted by Crippen LogP contribution is -2.48. The summed E-state index contributed by atoms with van der Waals surface area (Å²) in [7, 11) is -3.13. The highest BCUT2D eigenvalue weighted by molar-refractivity contribution is 7.91. The molecule has 1 aliphatic heterocycles. The molecule has 0 unspecified atom stereocenters. The van der Waals surface area contributed by atoms with Crippen molar-refractivity contribution >= 4 is 37.3 Å². The molecule has 146 valence electrons. The largest absolute Gasteiger partial charge is 0.348 e. The zero-order valence-corrected chi connectivity index (χ0v) is 16.8. The standard InChI is InChI=1S/C19H19N3O4S2/c1-19(7-8-28(25,26)11-19)21-16(23)10-22-12-20-17-14(18(22)24)9-15(27-17)13-5-3-2-4-6-13/h2-6,9,12H,7-8,10-11H2,1H3,(H,21,23)/t19-/m0/s1. The molecule has 4 rings (SSSR count). The smallest absolute Gasteiger partial charge is 0.262 e. The Morgan fingerprint density at radius 2 is 2.07 bits per heavy atom. The first kappa shape index (κ1) is 18.8. The van der Waals surface area contributed by atoms with Crippen LogP contribution < -0.4 is 10.9 Å². The van der Waals surface area contributed by atoms with Gasteiger partial charge >= 0.3 is 0 Å². The summed E-state index contributed by atoms with van der Waals surface area (Å²) in [5.74, 6) is -0.418. The SMILES string of the molecule is C[C@]1(NC(=O)Cn2cnc3sc(-c4ccccc4)cc3c2=O)CCS(=O)(=O)C1. The summed E-state index contributed by atoms with van der Waals surface area (Å²) >= 11 is 1.43. The molecule has 0 aliphatic carbocycles. The molecule has 1 aliphatic rings. The minimum Gasteiger partial charge on any atom is -0.348 e. The number of rotatable bonds is 4. The van der Waals surface area contributed by atoms with E-state index in [2.05, 4.69) is 10.3 Å². The van der Waals surface area contributed by atoms with Crippen LogP contribution in [0, 0.1) is 0 Å². The van der Waals surface area contributed by atoms with Crippen LogP contribution in [0.25, 0.3) is 20.7 Å². The Labute approximate surface area is 166 Å². The first-order valence-corrected chi connectivity index (χ1v) is 11.4. The van der Waals surface area contributed by atoms with Gasteiger partial charge in [-0.15, -0.1) is 11.3 Å². The third-order valence-electron chi connectivity index (χ3n) is 4.83. The fraction of sp³-hybridized carbons (Fsp3) is 0.316. The molecule has 1 atom stereocenters. The van der Waals surface area contributed by atoms with Gasteiger partial charge in [0, 0.05) is 4.88 Å². The maximum atomic E-state index is 12.8. The van der Waals surface area contributed by atoms with Crippen LogP contribution in [0.1, 0.15) is 13.3 Å². The number of benzene rings is 1. The van der Waals surface area contributed by atoms with Gasteiger partial charge in [-0.05, 0) is 25.0 Å². The summed E-state index contributed by atoms with van der Waals surface area (Å²) in [6, 6.07) is 11.5. The lowest BCUT2D eigenvalue weighted by Gasteiger charge is -2.24. The minimum absolute atomic E-state index is 0.0639. The number of amides is 1. The van der Waals surface area contributed by atoms with Crippen LogP contribution in [-0.2, 0) is 21.2 Å². The first-order chi connectivity index (χ1) is 13.2. The van der Waals surface area contributed by atoms with Crippen LogP contribution in [0.4, 0.5) is 0 Å². The fourth-order valence-corrected chi connectivity index (χ4v) is 6.55. The van der Waals surface area contributed by atoms with Crippen molar-refractivity contribution in [2.75, 3.05) is 11.5 Å². The highest BCUT2D eigenvalue weighted by Crippen LogP contribution is 2.30. The van der Waals surface area contributed by atoms with Crippen LogP contribution in [0.15, 0.2) is 47.5 Å². The van der Waals surface area contributed by atoms with Gasteiger partial charge in [-0.25, -0.2) is 13.4 Å². The topological polar surface area (TPSA) is 98.1 Å². The normalized spacial score (nSPS) is 21.0. The molecule has 3 aromatic rings. The molecular formula is C19H19N3O4S2. The van der Waals surface area contributed by atoms with E-state index in [-0.39, 0.29) is 23.6 Å². The molecule has 7 nitrogen and oxygen atoms in total. The van der Waals surface area contributed by atoms with Gasteiger partial charge in [-0.2, -0.15) is 0 Å². The quantitative estimate of drug-likeness (QED) is 0.698. The number of fused-ring (bicyclic) bond motifs is 1. The maximum Gasteiger partial charge on any atom is 0.262 e. The van der Waals surface area contributed by atoms with E-state index in [1.165, 1.54) is 22.2 Å². The molecule has 0 bridgehead atoms. The molecule has 28 heavy (non-hydrogen) atoms. The molecule has 0 spiro atoms. The Morgan fingerprint density at radius 1 is 1.32 bits per heavy atom. The van der Waals surface area contributed by atoms with Crippen molar-refractivity contribution < 1.29 is 13.2 Å². The maximum absolute atomic E-state index is 12.8. The van der Waals surface area contributed by atoms with Crippen LogP contribution in [0.5, 0.6) is 0 Å². The molecule has 2 aromatic heterocycles. The minimum atomic E-state index is -3.13. The van der Waals surface area contributed by atoms with Crippen molar-refractivity contribution in [3.63, 3.8) is 0 Å². The molecule has 0 saturated carbocycles. The molecule has 1 fully saturated rings. The summed E-state index contributed by atoms with van der Waals surface area (Å²) in [6.07, 6.45) is 1.74. The van der Waals surface area contributed by atoms with Gasteiger partial charge in [0.1, 0.15) is 11.4 Å². The van der Waals surface area contributed by atoms with Gasteiger partial charge in [0.2, 0.25) is 5.91 Å². The van der Waals surface area contributed by atoms with Gasteiger partial charge < -0.3 is 5.32 Å². The highest BCUT2D eigenvalue weighted by atomic mass is 32.2. The van der Waals surface area contributed by atoms with Crippen molar-refractivity contribution in [1.29, 1.82) is 0 Å². The fourth-order valence-electron chi connectivity index (χ4n) is 3.46. The number of carbonyl (C=O) groups excluding carboxylic acids is 1. The zero-order valence-electron chi connectivity index (χ0n) is 15.2. The lowest BCUT2D eigenvalue weighted by atomic mass is 10.0. The predicted molar refractivity (Wildman–Crippen MR) is 109 cm³/mol. The van der Waals surface area contributed by atoms with E-state index in [4.69, 9.17) is 0 Å². The van der Waals surface area contributed by atoms with Crippen LogP contribution >= 0.6 is 11.3 Å². The highest BCUT2D eigenvalue weighted by Gasteiger charge is 2.39. The molecule has 1 amide bonds. The zero-order chi connectivity index (χ0) is 19.9. The Kier molecular flexibility index (Phi) is 4.59. The first-order valence-electron chi connectivity index (χ1n) is 8.81. The van der Waals surface area contributed by atoms with Crippen LogP contribution in [-0.4, -0.2) is 40.9 Å². The van der Waals surface area contributed by atoms with Gasteiger partial charge in [0.25, 0.3) is 5.56 Å². The Morgan fingerprint density at radius 3 is 2.75 bits per heavy atom. The van der Waals surface area contributed by atoms with E-state index in [1.807, 2.05) is 30.3 Å². The second-order valence-electron chi connectivity index (χ2n) is 7.32. The Bertz CT molecular complexity index is 1210. The molecule has 9 heteroatoms. The van der Waals surface area contributed by atoms with Crippen LogP contribution in [0.3, 0.4) is 0 Å². The van der Waals surface area contributed by atoms with Gasteiger partial charge in [0.15, 0.2) is 9.84 Å². The third kappa shape index (κ3) is 3.72.